The number of hydrogen-bond donors (Lipinski definition) is 4. The van der Waals surface area contributed by atoms with Crippen LogP contribution in [0.5, 0.6) is 5.75 Å². The average molecular weight is 550 g/mol. The van der Waals surface area contributed by atoms with Crippen molar-refractivity contribution in [3.63, 3.8) is 0 Å². The lowest BCUT2D eigenvalue weighted by Crippen LogP contribution is -2.42. The molecule has 2 aliphatic heterocycles. The predicted octanol–water partition coefficient (Wildman–Crippen LogP) is 4.96. The molecule has 0 spiro atoms. The van der Waals surface area contributed by atoms with Crippen molar-refractivity contribution in [2.45, 2.75) is 50.6 Å². The molecule has 2 fully saturated rings. The Balaban J connectivity index is 1.52. The number of piperidine rings is 2. The third-order valence-corrected chi connectivity index (χ3v) is 8.48. The maximum atomic E-state index is 13.2. The zero-order chi connectivity index (χ0) is 25.1. The maximum absolute atomic E-state index is 13.2. The zero-order valence-corrected chi connectivity index (χ0v) is 22.3. The van der Waals surface area contributed by atoms with Crippen LogP contribution in [0, 0.1) is 0 Å². The van der Waals surface area contributed by atoms with Crippen LogP contribution in [0.4, 0.5) is 0 Å². The molecular formula is C26H30Cl2N4O3S. The second kappa shape index (κ2) is 11.5. The van der Waals surface area contributed by atoms with Crippen LogP contribution in [0.1, 0.15) is 48.9 Å². The Morgan fingerprint density at radius 2 is 1.94 bits per heavy atom. The smallest absolute Gasteiger partial charge is 0.260 e. The number of nitrogens with one attached hydrogen (secondary N) is 4. The molecule has 1 aromatic carbocycles. The third-order valence-electron chi connectivity index (χ3n) is 6.92. The Hall–Kier alpha value is -2.10. The van der Waals surface area contributed by atoms with Crippen LogP contribution in [0.2, 0.25) is 9.36 Å². The molecule has 5 rings (SSSR count). The minimum Gasteiger partial charge on any atom is -0.492 e. The SMILES string of the molecule is O=C(NC1CCNCC1)c1cc2c(OCC[C@@H]3CCCCN3)c(-c3ccc(Cl)s3)c(=O)[nH]c2cc1Cl. The zero-order valence-electron chi connectivity index (χ0n) is 19.9. The minimum atomic E-state index is -0.283. The summed E-state index contributed by atoms with van der Waals surface area (Å²) in [5.41, 5.74) is 1.03. The van der Waals surface area contributed by atoms with Gasteiger partial charge in [0.15, 0.2) is 0 Å². The Kier molecular flexibility index (Phi) is 8.18. The largest absolute Gasteiger partial charge is 0.492 e. The van der Waals surface area contributed by atoms with E-state index < -0.39 is 0 Å². The van der Waals surface area contributed by atoms with Crippen molar-refractivity contribution in [2.24, 2.45) is 0 Å². The molecule has 10 heteroatoms. The third kappa shape index (κ3) is 5.73. The number of carbonyl (C=O) groups excluding carboxylic acids is 1. The number of ether oxygens (including phenoxy) is 1. The number of amides is 1. The van der Waals surface area contributed by atoms with Crippen LogP contribution in [-0.4, -0.2) is 49.2 Å². The summed E-state index contributed by atoms with van der Waals surface area (Å²) >= 11 is 14.0. The van der Waals surface area contributed by atoms with E-state index in [1.54, 1.807) is 18.2 Å². The van der Waals surface area contributed by atoms with Gasteiger partial charge in [-0.25, -0.2) is 0 Å². The van der Waals surface area contributed by atoms with E-state index in [1.807, 2.05) is 6.07 Å². The van der Waals surface area contributed by atoms with Crippen molar-refractivity contribution in [1.82, 2.24) is 20.9 Å². The Morgan fingerprint density at radius 1 is 1.11 bits per heavy atom. The molecule has 36 heavy (non-hydrogen) atoms. The highest BCUT2D eigenvalue weighted by Crippen LogP contribution is 2.39. The van der Waals surface area contributed by atoms with Crippen molar-refractivity contribution >= 4 is 51.3 Å². The molecule has 1 amide bonds. The van der Waals surface area contributed by atoms with Crippen molar-refractivity contribution in [2.75, 3.05) is 26.2 Å². The fourth-order valence-electron chi connectivity index (χ4n) is 4.99. The molecule has 7 nitrogen and oxygen atoms in total. The van der Waals surface area contributed by atoms with Gasteiger partial charge in [0, 0.05) is 22.3 Å². The lowest BCUT2D eigenvalue weighted by molar-refractivity contribution is 0.0930. The highest BCUT2D eigenvalue weighted by atomic mass is 35.5. The summed E-state index contributed by atoms with van der Waals surface area (Å²) in [6.45, 7) is 3.21. The second-order valence-corrected chi connectivity index (χ2v) is 11.5. The lowest BCUT2D eigenvalue weighted by atomic mass is 10.0. The van der Waals surface area contributed by atoms with E-state index >= 15 is 0 Å². The molecule has 0 unspecified atom stereocenters. The fraction of sp³-hybridized carbons (Fsp3) is 0.462. The van der Waals surface area contributed by atoms with Crippen LogP contribution in [0.25, 0.3) is 21.3 Å². The number of thiophene rings is 1. The van der Waals surface area contributed by atoms with E-state index in [1.165, 1.54) is 24.2 Å². The Labute approximate surface area is 223 Å². The first-order valence-corrected chi connectivity index (χ1v) is 14.1. The fourth-order valence-corrected chi connectivity index (χ4v) is 6.32. The number of benzene rings is 1. The first kappa shape index (κ1) is 25.5. The summed E-state index contributed by atoms with van der Waals surface area (Å²) in [6.07, 6.45) is 6.09. The molecule has 1 atom stereocenters. The number of rotatable bonds is 7. The van der Waals surface area contributed by atoms with Gasteiger partial charge in [-0.3, -0.25) is 9.59 Å². The lowest BCUT2D eigenvalue weighted by Gasteiger charge is -2.24. The highest BCUT2D eigenvalue weighted by Gasteiger charge is 2.23. The van der Waals surface area contributed by atoms with Crippen molar-refractivity contribution in [3.05, 3.63) is 49.5 Å². The predicted molar refractivity (Wildman–Crippen MR) is 147 cm³/mol. The molecule has 0 bridgehead atoms. The Bertz CT molecular complexity index is 1300. The van der Waals surface area contributed by atoms with E-state index in [0.717, 1.165) is 45.3 Å². The van der Waals surface area contributed by atoms with Gasteiger partial charge >= 0.3 is 0 Å². The standard InChI is InChI=1S/C26H30Cl2N4O3S/c27-19-14-20-18(13-17(19)25(33)31-16-6-10-29-11-7-16)24(35-12-8-15-3-1-2-9-30-15)23(26(34)32-20)21-4-5-22(28)36-21/h4-5,13-16,29-30H,1-3,6-12H2,(H,31,33)(H,32,34)/t15-/m0/s1. The van der Waals surface area contributed by atoms with Gasteiger partial charge in [0.25, 0.3) is 11.5 Å². The van der Waals surface area contributed by atoms with Gasteiger partial charge in [-0.2, -0.15) is 0 Å². The summed E-state index contributed by atoms with van der Waals surface area (Å²) in [6, 6.07) is 7.45. The summed E-state index contributed by atoms with van der Waals surface area (Å²) in [7, 11) is 0. The van der Waals surface area contributed by atoms with Crippen LogP contribution < -0.4 is 26.2 Å². The number of aromatic amines is 1. The molecule has 192 valence electrons. The molecule has 3 aromatic rings. The van der Waals surface area contributed by atoms with Crippen molar-refractivity contribution in [1.29, 1.82) is 0 Å². The first-order chi connectivity index (χ1) is 17.5. The number of H-pyrrole nitrogens is 1. The van der Waals surface area contributed by atoms with Gasteiger partial charge in [-0.05, 0) is 76.0 Å². The molecule has 2 aromatic heterocycles. The number of halogens is 2. The first-order valence-electron chi connectivity index (χ1n) is 12.5. The van der Waals surface area contributed by atoms with E-state index in [9.17, 15) is 9.59 Å². The average Bonchev–Trinajstić information content (AvgIpc) is 3.30. The number of aromatic nitrogens is 1. The maximum Gasteiger partial charge on any atom is 0.260 e. The second-order valence-electron chi connectivity index (χ2n) is 9.42. The van der Waals surface area contributed by atoms with Crippen LogP contribution in [-0.2, 0) is 0 Å². The monoisotopic (exact) mass is 548 g/mol. The quantitative estimate of drug-likeness (QED) is 0.335. The van der Waals surface area contributed by atoms with Gasteiger partial charge < -0.3 is 25.7 Å². The summed E-state index contributed by atoms with van der Waals surface area (Å²) in [4.78, 5) is 30.0. The van der Waals surface area contributed by atoms with Gasteiger partial charge in [0.05, 0.1) is 32.6 Å². The van der Waals surface area contributed by atoms with Crippen LogP contribution in [0.3, 0.4) is 0 Å². The molecule has 0 saturated carbocycles. The Morgan fingerprint density at radius 3 is 2.67 bits per heavy atom. The number of hydrogen-bond acceptors (Lipinski definition) is 6. The summed E-state index contributed by atoms with van der Waals surface area (Å²) in [5, 5.41) is 10.9. The van der Waals surface area contributed by atoms with Gasteiger partial charge in [0.2, 0.25) is 0 Å². The molecule has 0 aliphatic carbocycles. The summed E-state index contributed by atoms with van der Waals surface area (Å²) < 4.78 is 6.93. The van der Waals surface area contributed by atoms with Gasteiger partial charge in [-0.1, -0.05) is 29.6 Å². The van der Waals surface area contributed by atoms with Gasteiger partial charge in [-0.15, -0.1) is 11.3 Å². The van der Waals surface area contributed by atoms with Crippen LogP contribution in [0.15, 0.2) is 29.1 Å². The van der Waals surface area contributed by atoms with E-state index in [0.29, 0.717) is 49.6 Å². The number of pyridine rings is 1. The number of fused-ring (bicyclic) bond motifs is 1. The van der Waals surface area contributed by atoms with E-state index in [-0.39, 0.29) is 22.5 Å². The van der Waals surface area contributed by atoms with E-state index in [2.05, 4.69) is 20.9 Å². The summed E-state index contributed by atoms with van der Waals surface area (Å²) in [5.74, 6) is 0.230. The molecule has 0 radical (unpaired) electrons. The number of carbonyl (C=O) groups is 1. The minimum absolute atomic E-state index is 0.101. The normalized spacial score (nSPS) is 18.9. The molecule has 4 N–H and O–H groups in total. The molecule has 2 saturated heterocycles. The highest BCUT2D eigenvalue weighted by molar-refractivity contribution is 7.19. The topological polar surface area (TPSA) is 95.2 Å². The van der Waals surface area contributed by atoms with Crippen molar-refractivity contribution in [3.8, 4) is 16.2 Å². The van der Waals surface area contributed by atoms with E-state index in [4.69, 9.17) is 27.9 Å². The molecule has 4 heterocycles. The van der Waals surface area contributed by atoms with Crippen molar-refractivity contribution < 1.29 is 9.53 Å². The molecular weight excluding hydrogens is 519 g/mol. The van der Waals surface area contributed by atoms with Gasteiger partial charge in [0.1, 0.15) is 5.75 Å². The molecule has 2 aliphatic rings. The van der Waals surface area contributed by atoms with Crippen LogP contribution >= 0.6 is 34.5 Å².